The van der Waals surface area contributed by atoms with Crippen LogP contribution in [0.1, 0.15) is 0 Å². The molecule has 0 aliphatic heterocycles. The maximum atomic E-state index is 11.5. The fourth-order valence-corrected chi connectivity index (χ4v) is 0.447. The van der Waals surface area contributed by atoms with Crippen LogP contribution in [-0.4, -0.2) is 44.5 Å². The van der Waals surface area contributed by atoms with Crippen LogP contribution in [0.4, 0.5) is 13.2 Å². The molecule has 0 saturated carbocycles. The van der Waals surface area contributed by atoms with E-state index in [0.717, 1.165) is 5.06 Å². The molecule has 13 heavy (non-hydrogen) atoms. The van der Waals surface area contributed by atoms with Crippen molar-refractivity contribution in [2.24, 2.45) is 0 Å². The summed E-state index contributed by atoms with van der Waals surface area (Å²) in [5.41, 5.74) is 0. The molecule has 0 aromatic carbocycles. The molecule has 0 fully saturated rings. The summed E-state index contributed by atoms with van der Waals surface area (Å²) in [5.74, 6) is -0.674. The molecule has 1 amide bonds. The molecule has 0 aliphatic rings. The van der Waals surface area contributed by atoms with Gasteiger partial charge in [-0.3, -0.25) is 9.63 Å². The third kappa shape index (κ3) is 6.35. The Kier molecular flexibility index (Phi) is 4.71. The molecule has 0 bridgehead atoms. The summed E-state index contributed by atoms with van der Waals surface area (Å²) in [6.07, 6.45) is -4.41. The maximum absolute atomic E-state index is 11.5. The Morgan fingerprint density at radius 1 is 1.46 bits per heavy atom. The van der Waals surface area contributed by atoms with Gasteiger partial charge < -0.3 is 4.74 Å². The van der Waals surface area contributed by atoms with Gasteiger partial charge in [0.2, 0.25) is 0 Å². The number of hydrogen-bond acceptors (Lipinski definition) is 3. The zero-order chi connectivity index (χ0) is 10.5. The number of nitrogens with zero attached hydrogens (tertiary/aromatic N) is 1. The third-order valence-electron chi connectivity index (χ3n) is 1.12. The molecular formula is C6H10F3NO3. The topological polar surface area (TPSA) is 38.8 Å². The van der Waals surface area contributed by atoms with Gasteiger partial charge in [0.05, 0.1) is 7.11 Å². The van der Waals surface area contributed by atoms with E-state index < -0.39 is 25.3 Å². The van der Waals surface area contributed by atoms with Gasteiger partial charge in [0.25, 0.3) is 5.91 Å². The van der Waals surface area contributed by atoms with E-state index >= 15 is 0 Å². The summed E-state index contributed by atoms with van der Waals surface area (Å²) >= 11 is 0. The Morgan fingerprint density at radius 2 is 2.00 bits per heavy atom. The Morgan fingerprint density at radius 3 is 2.38 bits per heavy atom. The smallest absolute Gasteiger partial charge is 0.362 e. The number of halogens is 3. The van der Waals surface area contributed by atoms with Gasteiger partial charge in [0, 0.05) is 7.05 Å². The average Bonchev–Trinajstić information content (AvgIpc) is 2.00. The number of rotatable bonds is 4. The lowest BCUT2D eigenvalue weighted by molar-refractivity contribution is -0.190. The van der Waals surface area contributed by atoms with Crippen LogP contribution in [0.3, 0.4) is 0 Å². The number of ether oxygens (including phenoxy) is 1. The Bertz CT molecular complexity index is 171. The molecule has 0 heterocycles. The summed E-state index contributed by atoms with van der Waals surface area (Å²) in [7, 11) is 2.50. The summed E-state index contributed by atoms with van der Waals surface area (Å²) in [6.45, 7) is -2.08. The molecule has 0 aromatic rings. The second kappa shape index (κ2) is 5.03. The first-order chi connectivity index (χ1) is 5.87. The predicted octanol–water partition coefficient (Wildman–Crippen LogP) is 0.585. The van der Waals surface area contributed by atoms with Gasteiger partial charge in [-0.15, -0.1) is 0 Å². The zero-order valence-corrected chi connectivity index (χ0v) is 7.22. The van der Waals surface area contributed by atoms with Crippen LogP contribution >= 0.6 is 0 Å². The first-order valence-corrected chi connectivity index (χ1v) is 3.32. The zero-order valence-electron chi connectivity index (χ0n) is 7.22. The van der Waals surface area contributed by atoms with Gasteiger partial charge in [-0.2, -0.15) is 13.2 Å². The lowest BCUT2D eigenvalue weighted by Crippen LogP contribution is -2.31. The Balaban J connectivity index is 3.60. The van der Waals surface area contributed by atoms with Gasteiger partial charge in [-0.25, -0.2) is 5.06 Å². The monoisotopic (exact) mass is 201 g/mol. The van der Waals surface area contributed by atoms with Crippen LogP contribution in [-0.2, 0) is 14.4 Å². The van der Waals surface area contributed by atoms with Crippen molar-refractivity contribution in [3.05, 3.63) is 0 Å². The van der Waals surface area contributed by atoms with Crippen molar-refractivity contribution in [1.29, 1.82) is 0 Å². The van der Waals surface area contributed by atoms with Crippen molar-refractivity contribution in [2.45, 2.75) is 6.18 Å². The van der Waals surface area contributed by atoms with E-state index in [-0.39, 0.29) is 0 Å². The number of likely N-dealkylation sites (N-methyl/N-ethyl adjacent to an activating group) is 1. The van der Waals surface area contributed by atoms with Gasteiger partial charge in [0.15, 0.2) is 0 Å². The van der Waals surface area contributed by atoms with Crippen molar-refractivity contribution in [3.63, 3.8) is 0 Å². The number of carbonyl (C=O) groups is 1. The van der Waals surface area contributed by atoms with Crippen LogP contribution in [0, 0.1) is 0 Å². The van der Waals surface area contributed by atoms with Crippen LogP contribution in [0.15, 0.2) is 0 Å². The maximum Gasteiger partial charge on any atom is 0.411 e. The minimum Gasteiger partial charge on any atom is -0.362 e. The van der Waals surface area contributed by atoms with Gasteiger partial charge in [-0.05, 0) is 0 Å². The second-order valence-corrected chi connectivity index (χ2v) is 2.18. The number of carbonyl (C=O) groups excluding carboxylic acids is 1. The van der Waals surface area contributed by atoms with Crippen molar-refractivity contribution in [1.82, 2.24) is 5.06 Å². The standard InChI is InChI=1S/C6H10F3NO3/c1-10(12-2)5(11)3-13-4-6(7,8)9/h3-4H2,1-2H3. The van der Waals surface area contributed by atoms with Crippen molar-refractivity contribution >= 4 is 5.91 Å². The van der Waals surface area contributed by atoms with E-state index in [1.165, 1.54) is 14.2 Å². The van der Waals surface area contributed by atoms with Crippen molar-refractivity contribution in [2.75, 3.05) is 27.4 Å². The Hall–Kier alpha value is -0.820. The highest BCUT2D eigenvalue weighted by Crippen LogP contribution is 2.14. The molecule has 0 aromatic heterocycles. The minimum atomic E-state index is -4.41. The molecule has 0 N–H and O–H groups in total. The lowest BCUT2D eigenvalue weighted by Gasteiger charge is -2.13. The quantitative estimate of drug-likeness (QED) is 0.624. The minimum absolute atomic E-state index is 0.649. The number of hydroxylamine groups is 2. The normalized spacial score (nSPS) is 11.5. The average molecular weight is 201 g/mol. The fourth-order valence-electron chi connectivity index (χ4n) is 0.447. The van der Waals surface area contributed by atoms with E-state index in [1.54, 1.807) is 0 Å². The first-order valence-electron chi connectivity index (χ1n) is 3.32. The SMILES string of the molecule is CON(C)C(=O)COCC(F)(F)F. The third-order valence-corrected chi connectivity index (χ3v) is 1.12. The molecule has 78 valence electrons. The molecule has 0 rings (SSSR count). The van der Waals surface area contributed by atoms with Crippen LogP contribution in [0.5, 0.6) is 0 Å². The molecule has 7 heteroatoms. The number of amides is 1. The van der Waals surface area contributed by atoms with E-state index in [9.17, 15) is 18.0 Å². The summed E-state index contributed by atoms with van der Waals surface area (Å²) in [6, 6.07) is 0. The summed E-state index contributed by atoms with van der Waals surface area (Å²) in [5, 5.41) is 0.788. The van der Waals surface area contributed by atoms with Crippen LogP contribution in [0.25, 0.3) is 0 Å². The summed E-state index contributed by atoms with van der Waals surface area (Å²) in [4.78, 5) is 15.2. The van der Waals surface area contributed by atoms with Gasteiger partial charge >= 0.3 is 6.18 Å². The predicted molar refractivity (Wildman–Crippen MR) is 36.7 cm³/mol. The van der Waals surface area contributed by atoms with Crippen LogP contribution in [0.2, 0.25) is 0 Å². The molecule has 0 spiro atoms. The largest absolute Gasteiger partial charge is 0.411 e. The van der Waals surface area contributed by atoms with Gasteiger partial charge in [0.1, 0.15) is 13.2 Å². The second-order valence-electron chi connectivity index (χ2n) is 2.18. The molecule has 0 saturated heterocycles. The molecule has 0 unspecified atom stereocenters. The summed E-state index contributed by atoms with van der Waals surface area (Å²) < 4.78 is 38.6. The molecule has 4 nitrogen and oxygen atoms in total. The van der Waals surface area contributed by atoms with Crippen LogP contribution < -0.4 is 0 Å². The highest BCUT2D eigenvalue weighted by molar-refractivity contribution is 5.75. The van der Waals surface area contributed by atoms with Crippen molar-refractivity contribution in [3.8, 4) is 0 Å². The molecule has 0 atom stereocenters. The molecular weight excluding hydrogens is 191 g/mol. The lowest BCUT2D eigenvalue weighted by atomic mass is 10.6. The van der Waals surface area contributed by atoms with Crippen molar-refractivity contribution < 1.29 is 27.5 Å². The first kappa shape index (κ1) is 12.2. The highest BCUT2D eigenvalue weighted by atomic mass is 19.4. The number of hydrogen-bond donors (Lipinski definition) is 0. The molecule has 0 radical (unpaired) electrons. The van der Waals surface area contributed by atoms with E-state index in [2.05, 4.69) is 9.57 Å². The van der Waals surface area contributed by atoms with E-state index in [4.69, 9.17) is 0 Å². The van der Waals surface area contributed by atoms with E-state index in [0.29, 0.717) is 0 Å². The highest BCUT2D eigenvalue weighted by Gasteiger charge is 2.28. The number of alkyl halides is 3. The fraction of sp³-hybridized carbons (Fsp3) is 0.833. The Labute approximate surface area is 73.2 Å². The molecule has 0 aliphatic carbocycles. The van der Waals surface area contributed by atoms with E-state index in [1.807, 2.05) is 0 Å². The van der Waals surface area contributed by atoms with Gasteiger partial charge in [-0.1, -0.05) is 0 Å².